The van der Waals surface area contributed by atoms with Crippen LogP contribution >= 0.6 is 0 Å². The summed E-state index contributed by atoms with van der Waals surface area (Å²) in [6.45, 7) is 6.12. The van der Waals surface area contributed by atoms with Gasteiger partial charge >= 0.3 is 0 Å². The molecule has 1 heterocycles. The molecule has 1 fully saturated rings. The summed E-state index contributed by atoms with van der Waals surface area (Å²) >= 11 is 0. The Hall–Kier alpha value is -1.13. The molecular weight excluding hydrogens is 221 g/mol. The first-order valence-corrected chi connectivity index (χ1v) is 5.90. The van der Waals surface area contributed by atoms with Crippen molar-refractivity contribution in [1.82, 2.24) is 4.90 Å². The van der Waals surface area contributed by atoms with Crippen molar-refractivity contribution >= 4 is 0 Å². The molecular formula is C13H18FNO2. The van der Waals surface area contributed by atoms with Crippen molar-refractivity contribution in [2.45, 2.75) is 32.5 Å². The molecule has 4 heteroatoms. The Kier molecular flexibility index (Phi) is 3.64. The topological polar surface area (TPSA) is 32.7 Å². The first-order valence-electron chi connectivity index (χ1n) is 5.90. The van der Waals surface area contributed by atoms with Crippen LogP contribution in [-0.4, -0.2) is 35.3 Å². The molecule has 2 unspecified atom stereocenters. The summed E-state index contributed by atoms with van der Waals surface area (Å²) in [5.41, 5.74) is 0.631. The highest BCUT2D eigenvalue weighted by atomic mass is 19.1. The van der Waals surface area contributed by atoms with Gasteiger partial charge < -0.3 is 9.84 Å². The van der Waals surface area contributed by atoms with Gasteiger partial charge in [0, 0.05) is 24.7 Å². The highest BCUT2D eigenvalue weighted by molar-refractivity contribution is 5.33. The highest BCUT2D eigenvalue weighted by Crippen LogP contribution is 2.24. The predicted molar refractivity (Wildman–Crippen MR) is 63.4 cm³/mol. The molecule has 0 radical (unpaired) electrons. The Morgan fingerprint density at radius 3 is 3.00 bits per heavy atom. The number of para-hydroxylation sites is 1. The van der Waals surface area contributed by atoms with Crippen LogP contribution in [-0.2, 0) is 11.3 Å². The molecule has 17 heavy (non-hydrogen) atoms. The molecule has 0 amide bonds. The number of aromatic hydroxyl groups is 1. The van der Waals surface area contributed by atoms with Crippen molar-refractivity contribution in [2.75, 3.05) is 13.2 Å². The first-order chi connectivity index (χ1) is 8.08. The van der Waals surface area contributed by atoms with Gasteiger partial charge in [-0.3, -0.25) is 4.90 Å². The Bertz CT molecular complexity index is 397. The van der Waals surface area contributed by atoms with E-state index in [1.807, 2.05) is 6.92 Å². The first kappa shape index (κ1) is 12.3. The lowest BCUT2D eigenvalue weighted by atomic mass is 10.1. The number of phenolic OH excluding ortho intramolecular Hbond substituents is 1. The van der Waals surface area contributed by atoms with E-state index in [1.165, 1.54) is 6.07 Å². The Morgan fingerprint density at radius 2 is 2.24 bits per heavy atom. The van der Waals surface area contributed by atoms with Crippen LogP contribution in [0.2, 0.25) is 0 Å². The van der Waals surface area contributed by atoms with Crippen LogP contribution in [0, 0.1) is 5.82 Å². The smallest absolute Gasteiger partial charge is 0.165 e. The van der Waals surface area contributed by atoms with Crippen molar-refractivity contribution in [3.63, 3.8) is 0 Å². The monoisotopic (exact) mass is 239 g/mol. The number of halogens is 1. The summed E-state index contributed by atoms with van der Waals surface area (Å²) < 4.78 is 18.7. The quantitative estimate of drug-likeness (QED) is 0.858. The van der Waals surface area contributed by atoms with Crippen molar-refractivity contribution in [2.24, 2.45) is 0 Å². The van der Waals surface area contributed by atoms with E-state index in [2.05, 4.69) is 11.8 Å². The van der Waals surface area contributed by atoms with Gasteiger partial charge in [-0.05, 0) is 19.9 Å². The van der Waals surface area contributed by atoms with Crippen LogP contribution in [0.15, 0.2) is 18.2 Å². The standard InChI is InChI=1S/C13H18FNO2/c1-9-8-17-10(2)6-15(9)7-11-4-3-5-12(14)13(11)16/h3-5,9-10,16H,6-8H2,1-2H3. The van der Waals surface area contributed by atoms with Gasteiger partial charge in [-0.2, -0.15) is 0 Å². The minimum absolute atomic E-state index is 0.182. The van der Waals surface area contributed by atoms with E-state index in [0.29, 0.717) is 18.7 Å². The number of benzene rings is 1. The molecule has 0 spiro atoms. The predicted octanol–water partition coefficient (Wildman–Crippen LogP) is 2.14. The summed E-state index contributed by atoms with van der Waals surface area (Å²) in [5.74, 6) is -0.796. The van der Waals surface area contributed by atoms with Gasteiger partial charge in [0.25, 0.3) is 0 Å². The number of hydrogen-bond donors (Lipinski definition) is 1. The lowest BCUT2D eigenvalue weighted by Crippen LogP contribution is -2.46. The molecule has 0 bridgehead atoms. The van der Waals surface area contributed by atoms with Crippen LogP contribution < -0.4 is 0 Å². The maximum Gasteiger partial charge on any atom is 0.165 e. The van der Waals surface area contributed by atoms with Gasteiger partial charge in [-0.1, -0.05) is 12.1 Å². The Labute approximate surface area is 101 Å². The molecule has 1 N–H and O–H groups in total. The van der Waals surface area contributed by atoms with E-state index >= 15 is 0 Å². The summed E-state index contributed by atoms with van der Waals surface area (Å²) in [6.07, 6.45) is 0.182. The normalized spacial score (nSPS) is 26.1. The van der Waals surface area contributed by atoms with Crippen molar-refractivity contribution in [1.29, 1.82) is 0 Å². The second kappa shape index (κ2) is 5.02. The maximum absolute atomic E-state index is 13.2. The van der Waals surface area contributed by atoms with Crippen LogP contribution in [0.4, 0.5) is 4.39 Å². The van der Waals surface area contributed by atoms with Crippen molar-refractivity contribution in [3.05, 3.63) is 29.6 Å². The molecule has 1 aliphatic heterocycles. The molecule has 0 saturated carbocycles. The summed E-state index contributed by atoms with van der Waals surface area (Å²) in [4.78, 5) is 2.20. The average molecular weight is 239 g/mol. The van der Waals surface area contributed by atoms with E-state index < -0.39 is 5.82 Å². The van der Waals surface area contributed by atoms with E-state index in [4.69, 9.17) is 4.74 Å². The third-order valence-corrected chi connectivity index (χ3v) is 3.18. The fourth-order valence-corrected chi connectivity index (χ4v) is 2.10. The Morgan fingerprint density at radius 1 is 1.47 bits per heavy atom. The van der Waals surface area contributed by atoms with Crippen LogP contribution in [0.3, 0.4) is 0 Å². The van der Waals surface area contributed by atoms with Gasteiger partial charge in [0.05, 0.1) is 12.7 Å². The fraction of sp³-hybridized carbons (Fsp3) is 0.538. The van der Waals surface area contributed by atoms with Crippen molar-refractivity contribution < 1.29 is 14.2 Å². The molecule has 0 aliphatic carbocycles. The summed E-state index contributed by atoms with van der Waals surface area (Å²) in [7, 11) is 0. The van der Waals surface area contributed by atoms with Crippen LogP contribution in [0.5, 0.6) is 5.75 Å². The third kappa shape index (κ3) is 2.76. The molecule has 1 aromatic carbocycles. The molecule has 0 aromatic heterocycles. The van der Waals surface area contributed by atoms with Gasteiger partial charge in [-0.25, -0.2) is 4.39 Å². The number of hydrogen-bond acceptors (Lipinski definition) is 3. The second-order valence-corrected chi connectivity index (χ2v) is 4.67. The average Bonchev–Trinajstić information content (AvgIpc) is 2.30. The van der Waals surface area contributed by atoms with Gasteiger partial charge in [0.2, 0.25) is 0 Å². The minimum atomic E-state index is -0.559. The number of phenols is 1. The van der Waals surface area contributed by atoms with Gasteiger partial charge in [-0.15, -0.1) is 0 Å². The minimum Gasteiger partial charge on any atom is -0.505 e. The highest BCUT2D eigenvalue weighted by Gasteiger charge is 2.24. The lowest BCUT2D eigenvalue weighted by molar-refractivity contribution is -0.0528. The van der Waals surface area contributed by atoms with E-state index in [1.54, 1.807) is 12.1 Å². The second-order valence-electron chi connectivity index (χ2n) is 4.67. The molecule has 3 nitrogen and oxygen atoms in total. The zero-order chi connectivity index (χ0) is 12.4. The summed E-state index contributed by atoms with van der Waals surface area (Å²) in [5, 5.41) is 9.65. The zero-order valence-electron chi connectivity index (χ0n) is 10.2. The molecule has 2 rings (SSSR count). The van der Waals surface area contributed by atoms with E-state index in [0.717, 1.165) is 6.54 Å². The summed E-state index contributed by atoms with van der Waals surface area (Å²) in [6, 6.07) is 4.93. The molecule has 94 valence electrons. The Balaban J connectivity index is 2.11. The number of rotatable bonds is 2. The van der Waals surface area contributed by atoms with Crippen LogP contribution in [0.25, 0.3) is 0 Å². The molecule has 1 saturated heterocycles. The van der Waals surface area contributed by atoms with E-state index in [9.17, 15) is 9.50 Å². The van der Waals surface area contributed by atoms with E-state index in [-0.39, 0.29) is 17.9 Å². The third-order valence-electron chi connectivity index (χ3n) is 3.18. The van der Waals surface area contributed by atoms with Gasteiger partial charge in [0.15, 0.2) is 11.6 Å². The molecule has 1 aromatic rings. The van der Waals surface area contributed by atoms with Crippen LogP contribution in [0.1, 0.15) is 19.4 Å². The number of nitrogens with zero attached hydrogens (tertiary/aromatic N) is 1. The SMILES string of the molecule is CC1CN(Cc2cccc(F)c2O)C(C)CO1. The number of morpholine rings is 1. The molecule has 2 atom stereocenters. The largest absolute Gasteiger partial charge is 0.505 e. The fourth-order valence-electron chi connectivity index (χ4n) is 2.10. The molecule has 1 aliphatic rings. The van der Waals surface area contributed by atoms with Gasteiger partial charge in [0.1, 0.15) is 0 Å². The lowest BCUT2D eigenvalue weighted by Gasteiger charge is -2.36. The zero-order valence-corrected chi connectivity index (χ0v) is 10.2. The maximum atomic E-state index is 13.2. The van der Waals surface area contributed by atoms with Crippen molar-refractivity contribution in [3.8, 4) is 5.75 Å². The number of ether oxygens (including phenoxy) is 1.